The Morgan fingerprint density at radius 2 is 2.17 bits per heavy atom. The Morgan fingerprint density at radius 1 is 1.44 bits per heavy atom. The predicted molar refractivity (Wildman–Crippen MR) is 74.3 cm³/mol. The van der Waals surface area contributed by atoms with Crippen molar-refractivity contribution in [3.05, 3.63) is 34.3 Å². The molecule has 0 bridgehead atoms. The molecule has 1 aromatic rings. The van der Waals surface area contributed by atoms with Gasteiger partial charge < -0.3 is 10.2 Å². The summed E-state index contributed by atoms with van der Waals surface area (Å²) in [6.45, 7) is 0.463. The van der Waals surface area contributed by atoms with E-state index in [0.29, 0.717) is 6.54 Å². The third-order valence-electron chi connectivity index (χ3n) is 2.29. The maximum absolute atomic E-state index is 11.7. The van der Waals surface area contributed by atoms with E-state index in [4.69, 9.17) is 11.6 Å². The van der Waals surface area contributed by atoms with Crippen molar-refractivity contribution >= 4 is 39.3 Å². The van der Waals surface area contributed by atoms with Crippen LogP contribution in [0.25, 0.3) is 0 Å². The fraction of sp³-hybridized carbons (Fsp3) is 0.333. The van der Waals surface area contributed by atoms with Gasteiger partial charge in [-0.25, -0.2) is 0 Å². The molecule has 1 aromatic carbocycles. The molecule has 6 heteroatoms. The molecule has 0 aliphatic carbocycles. The van der Waals surface area contributed by atoms with E-state index in [2.05, 4.69) is 21.2 Å². The van der Waals surface area contributed by atoms with Crippen molar-refractivity contribution < 1.29 is 9.59 Å². The molecule has 0 spiro atoms. The van der Waals surface area contributed by atoms with Crippen LogP contribution in [0.3, 0.4) is 0 Å². The molecular weight excluding hydrogens is 320 g/mol. The van der Waals surface area contributed by atoms with Gasteiger partial charge in [0.2, 0.25) is 11.8 Å². The zero-order valence-electron chi connectivity index (χ0n) is 9.95. The second-order valence-electron chi connectivity index (χ2n) is 3.79. The standard InChI is InChI=1S/C12H14BrClN2O2/c1-16(12(18)7-15-11(17)6-14)8-9-3-2-4-10(13)5-9/h2-5H,6-8H2,1H3,(H,15,17). The van der Waals surface area contributed by atoms with Gasteiger partial charge >= 0.3 is 0 Å². The minimum atomic E-state index is -0.346. The average molecular weight is 334 g/mol. The number of amides is 2. The summed E-state index contributed by atoms with van der Waals surface area (Å²) in [5.41, 5.74) is 1.02. The van der Waals surface area contributed by atoms with E-state index in [0.717, 1.165) is 10.0 Å². The summed E-state index contributed by atoms with van der Waals surface area (Å²) >= 11 is 8.69. The van der Waals surface area contributed by atoms with Crippen LogP contribution in [0.5, 0.6) is 0 Å². The van der Waals surface area contributed by atoms with Crippen molar-refractivity contribution in [2.45, 2.75) is 6.54 Å². The summed E-state index contributed by atoms with van der Waals surface area (Å²) in [6.07, 6.45) is 0. The highest BCUT2D eigenvalue weighted by Crippen LogP contribution is 2.12. The molecule has 1 N–H and O–H groups in total. The summed E-state index contributed by atoms with van der Waals surface area (Å²) in [6, 6.07) is 7.71. The van der Waals surface area contributed by atoms with E-state index in [1.165, 1.54) is 0 Å². The van der Waals surface area contributed by atoms with Crippen LogP contribution in [-0.4, -0.2) is 36.2 Å². The van der Waals surface area contributed by atoms with Crippen molar-refractivity contribution in [2.75, 3.05) is 19.5 Å². The van der Waals surface area contributed by atoms with Crippen LogP contribution >= 0.6 is 27.5 Å². The van der Waals surface area contributed by atoms with Crippen molar-refractivity contribution in [1.29, 1.82) is 0 Å². The number of rotatable bonds is 5. The summed E-state index contributed by atoms with van der Waals surface area (Å²) in [7, 11) is 1.69. The first-order valence-corrected chi connectivity index (χ1v) is 6.66. The van der Waals surface area contributed by atoms with Gasteiger partial charge in [0.05, 0.1) is 6.54 Å². The lowest BCUT2D eigenvalue weighted by atomic mass is 10.2. The van der Waals surface area contributed by atoms with Gasteiger partial charge in [-0.15, -0.1) is 11.6 Å². The zero-order chi connectivity index (χ0) is 13.5. The van der Waals surface area contributed by atoms with Gasteiger partial charge in [-0.2, -0.15) is 0 Å². The monoisotopic (exact) mass is 332 g/mol. The molecular formula is C12H14BrClN2O2. The molecule has 98 valence electrons. The second-order valence-corrected chi connectivity index (χ2v) is 4.97. The van der Waals surface area contributed by atoms with Crippen molar-refractivity contribution in [3.8, 4) is 0 Å². The molecule has 1 rings (SSSR count). The number of carbonyl (C=O) groups excluding carboxylic acids is 2. The van der Waals surface area contributed by atoms with Crippen molar-refractivity contribution in [3.63, 3.8) is 0 Å². The Kier molecular flexibility index (Phi) is 6.15. The Labute approximate surface area is 119 Å². The van der Waals surface area contributed by atoms with Gasteiger partial charge in [-0.3, -0.25) is 9.59 Å². The Morgan fingerprint density at radius 3 is 2.78 bits per heavy atom. The fourth-order valence-corrected chi connectivity index (χ4v) is 1.89. The summed E-state index contributed by atoms with van der Waals surface area (Å²) in [5.74, 6) is -0.642. The number of alkyl halides is 1. The summed E-state index contributed by atoms with van der Waals surface area (Å²) in [5, 5.41) is 2.44. The number of carbonyl (C=O) groups is 2. The molecule has 0 aliphatic rings. The van der Waals surface area contributed by atoms with Gasteiger partial charge in [-0.05, 0) is 17.7 Å². The molecule has 0 unspecified atom stereocenters. The zero-order valence-corrected chi connectivity index (χ0v) is 12.3. The molecule has 0 radical (unpaired) electrons. The quantitative estimate of drug-likeness (QED) is 0.835. The van der Waals surface area contributed by atoms with Crippen LogP contribution in [-0.2, 0) is 16.1 Å². The van der Waals surface area contributed by atoms with Crippen LogP contribution in [0.1, 0.15) is 5.56 Å². The Hall–Kier alpha value is -1.07. The largest absolute Gasteiger partial charge is 0.346 e. The molecule has 0 saturated heterocycles. The lowest BCUT2D eigenvalue weighted by Crippen LogP contribution is -2.38. The maximum Gasteiger partial charge on any atom is 0.242 e. The molecule has 0 atom stereocenters. The lowest BCUT2D eigenvalue weighted by molar-refractivity contribution is -0.131. The predicted octanol–water partition coefficient (Wildman–Crippen LogP) is 1.76. The van der Waals surface area contributed by atoms with Crippen LogP contribution in [0.15, 0.2) is 28.7 Å². The van der Waals surface area contributed by atoms with Gasteiger partial charge in [0.1, 0.15) is 5.88 Å². The van der Waals surface area contributed by atoms with Crippen molar-refractivity contribution in [1.82, 2.24) is 10.2 Å². The molecule has 4 nitrogen and oxygen atoms in total. The first-order valence-electron chi connectivity index (χ1n) is 5.34. The Balaban J connectivity index is 2.47. The Bertz CT molecular complexity index is 440. The van der Waals surface area contributed by atoms with Gasteiger partial charge in [0.15, 0.2) is 0 Å². The van der Waals surface area contributed by atoms with Crippen LogP contribution in [0.2, 0.25) is 0 Å². The smallest absolute Gasteiger partial charge is 0.242 e. The first kappa shape index (κ1) is 15.0. The van der Waals surface area contributed by atoms with E-state index in [9.17, 15) is 9.59 Å². The van der Waals surface area contributed by atoms with E-state index in [1.54, 1.807) is 11.9 Å². The summed E-state index contributed by atoms with van der Waals surface area (Å²) in [4.78, 5) is 24.2. The second kappa shape index (κ2) is 7.38. The normalized spacial score (nSPS) is 9.94. The fourth-order valence-electron chi connectivity index (χ4n) is 1.35. The van der Waals surface area contributed by atoms with Gasteiger partial charge in [-0.1, -0.05) is 28.1 Å². The van der Waals surface area contributed by atoms with Crippen molar-refractivity contribution in [2.24, 2.45) is 0 Å². The highest BCUT2D eigenvalue weighted by atomic mass is 79.9. The average Bonchev–Trinajstić information content (AvgIpc) is 2.35. The number of nitrogens with one attached hydrogen (secondary N) is 1. The number of halogens is 2. The maximum atomic E-state index is 11.7. The first-order chi connectivity index (χ1) is 8.52. The minimum Gasteiger partial charge on any atom is -0.346 e. The molecule has 0 saturated carbocycles. The third-order valence-corrected chi connectivity index (χ3v) is 3.03. The SMILES string of the molecule is CN(Cc1cccc(Br)c1)C(=O)CNC(=O)CCl. The number of benzene rings is 1. The topological polar surface area (TPSA) is 49.4 Å². The highest BCUT2D eigenvalue weighted by Gasteiger charge is 2.10. The number of likely N-dealkylation sites (N-methyl/N-ethyl adjacent to an activating group) is 1. The van der Waals surface area contributed by atoms with Gasteiger partial charge in [0, 0.05) is 18.1 Å². The molecule has 18 heavy (non-hydrogen) atoms. The van der Waals surface area contributed by atoms with E-state index < -0.39 is 0 Å². The van der Waals surface area contributed by atoms with Crippen LogP contribution in [0.4, 0.5) is 0 Å². The summed E-state index contributed by atoms with van der Waals surface area (Å²) < 4.78 is 0.969. The molecule has 0 aliphatic heterocycles. The van der Waals surface area contributed by atoms with E-state index >= 15 is 0 Å². The highest BCUT2D eigenvalue weighted by molar-refractivity contribution is 9.10. The number of hydrogen-bond acceptors (Lipinski definition) is 2. The molecule has 0 aromatic heterocycles. The number of nitrogens with zero attached hydrogens (tertiary/aromatic N) is 1. The van der Waals surface area contributed by atoms with Crippen LogP contribution in [0, 0.1) is 0 Å². The van der Waals surface area contributed by atoms with Gasteiger partial charge in [0.25, 0.3) is 0 Å². The molecule has 0 fully saturated rings. The van der Waals surface area contributed by atoms with E-state index in [1.807, 2.05) is 24.3 Å². The minimum absolute atomic E-state index is 0.0317. The lowest BCUT2D eigenvalue weighted by Gasteiger charge is -2.17. The third kappa shape index (κ3) is 5.06. The van der Waals surface area contributed by atoms with E-state index in [-0.39, 0.29) is 24.2 Å². The molecule has 2 amide bonds. The van der Waals surface area contributed by atoms with Crippen LogP contribution < -0.4 is 5.32 Å². The number of hydrogen-bond donors (Lipinski definition) is 1. The molecule has 0 heterocycles.